The largest absolute Gasteiger partial charge is 0.455 e. The van der Waals surface area contributed by atoms with Crippen molar-refractivity contribution in [2.24, 2.45) is 0 Å². The number of hydrogen-bond donors (Lipinski definition) is 0. The molecule has 3 heterocycles. The van der Waals surface area contributed by atoms with Gasteiger partial charge >= 0.3 is 0 Å². The number of benzene rings is 9. The van der Waals surface area contributed by atoms with E-state index in [1.165, 1.54) is 0 Å². The lowest BCUT2D eigenvalue weighted by atomic mass is 9.98. The van der Waals surface area contributed by atoms with E-state index in [9.17, 15) is 0 Å². The summed E-state index contributed by atoms with van der Waals surface area (Å²) in [7, 11) is 0. The molecule has 4 heteroatoms. The van der Waals surface area contributed by atoms with Crippen LogP contribution in [0.1, 0.15) is 0 Å². The summed E-state index contributed by atoms with van der Waals surface area (Å²) in [6.07, 6.45) is 0. The van der Waals surface area contributed by atoms with E-state index in [4.69, 9.17) is 13.3 Å². The van der Waals surface area contributed by atoms with Crippen molar-refractivity contribution in [3.05, 3.63) is 200 Å². The Balaban J connectivity index is 1.16. The van der Waals surface area contributed by atoms with Crippen molar-refractivity contribution in [3.63, 3.8) is 0 Å². The Kier molecular flexibility index (Phi) is 7.20. The maximum Gasteiger partial charge on any atom is 0.159 e. The van der Waals surface area contributed by atoms with Gasteiger partial charge in [-0.1, -0.05) is 146 Å². The summed E-state index contributed by atoms with van der Waals surface area (Å²) in [5.74, 6) is 0. The minimum absolute atomic E-state index is 0.812. The lowest BCUT2D eigenvalue weighted by Crippen LogP contribution is -2.10. The van der Waals surface area contributed by atoms with Gasteiger partial charge in [0, 0.05) is 43.7 Å². The second kappa shape index (κ2) is 12.9. The molecule has 0 N–H and O–H groups in total. The third-order valence-corrected chi connectivity index (χ3v) is 11.5. The molecule has 272 valence electrons. The van der Waals surface area contributed by atoms with E-state index < -0.39 is 0 Å². The van der Waals surface area contributed by atoms with E-state index in [0.717, 1.165) is 116 Å². The Morgan fingerprint density at radius 1 is 0.293 bits per heavy atom. The molecular formula is C54H33NO3. The molecule has 4 nitrogen and oxygen atoms in total. The summed E-state index contributed by atoms with van der Waals surface area (Å²) in [4.78, 5) is 2.33. The molecule has 0 spiro atoms. The molecule has 0 saturated heterocycles. The highest BCUT2D eigenvalue weighted by molar-refractivity contribution is 6.20. The number of anilines is 3. The fourth-order valence-electron chi connectivity index (χ4n) is 8.79. The first kappa shape index (κ1) is 32.4. The van der Waals surface area contributed by atoms with Crippen LogP contribution in [0.5, 0.6) is 0 Å². The second-order valence-electron chi connectivity index (χ2n) is 14.8. The Labute approximate surface area is 333 Å². The van der Waals surface area contributed by atoms with E-state index in [0.29, 0.717) is 0 Å². The molecule has 9 aromatic carbocycles. The number of fused-ring (bicyclic) bond motifs is 9. The van der Waals surface area contributed by atoms with Gasteiger partial charge in [0.15, 0.2) is 5.58 Å². The van der Waals surface area contributed by atoms with Crippen LogP contribution in [0.4, 0.5) is 17.1 Å². The summed E-state index contributed by atoms with van der Waals surface area (Å²) < 4.78 is 20.4. The van der Waals surface area contributed by atoms with E-state index in [1.807, 2.05) is 30.3 Å². The van der Waals surface area contributed by atoms with Crippen molar-refractivity contribution in [2.45, 2.75) is 0 Å². The van der Waals surface area contributed by atoms with Crippen LogP contribution >= 0.6 is 0 Å². The van der Waals surface area contributed by atoms with E-state index in [1.54, 1.807) is 0 Å². The Bertz CT molecular complexity index is 3500. The lowest BCUT2D eigenvalue weighted by Gasteiger charge is -2.26. The molecule has 0 saturated carbocycles. The fraction of sp³-hybridized carbons (Fsp3) is 0. The molecule has 0 bridgehead atoms. The van der Waals surface area contributed by atoms with E-state index in [-0.39, 0.29) is 0 Å². The molecule has 3 aromatic heterocycles. The highest BCUT2D eigenvalue weighted by atomic mass is 16.3. The smallest absolute Gasteiger partial charge is 0.159 e. The highest BCUT2D eigenvalue weighted by Gasteiger charge is 2.26. The van der Waals surface area contributed by atoms with Crippen LogP contribution in [-0.2, 0) is 0 Å². The van der Waals surface area contributed by atoms with Crippen LogP contribution in [0.3, 0.4) is 0 Å². The lowest BCUT2D eigenvalue weighted by molar-refractivity contribution is 0.668. The zero-order valence-electron chi connectivity index (χ0n) is 31.2. The summed E-state index contributed by atoms with van der Waals surface area (Å²) in [5.41, 5.74) is 14.4. The average molecular weight is 744 g/mol. The van der Waals surface area contributed by atoms with Gasteiger partial charge in [-0.3, -0.25) is 0 Å². The maximum absolute atomic E-state index is 7.00. The fourth-order valence-corrected chi connectivity index (χ4v) is 8.79. The molecule has 0 unspecified atom stereocenters. The SMILES string of the molecule is c1ccc(-c2ccc3c(c2)oc2c(-c4ccccc4)ccc(N(c4ccc5oc6c(-c7ccccc7)cccc6c5c4)c4cccc5c4oc4ccccc45)c23)cc1. The van der Waals surface area contributed by atoms with Gasteiger partial charge in [-0.05, 0) is 76.9 Å². The van der Waals surface area contributed by atoms with Gasteiger partial charge < -0.3 is 18.2 Å². The normalized spacial score (nSPS) is 11.8. The third-order valence-electron chi connectivity index (χ3n) is 11.5. The van der Waals surface area contributed by atoms with Crippen molar-refractivity contribution in [1.29, 1.82) is 0 Å². The minimum atomic E-state index is 0.812. The quantitative estimate of drug-likeness (QED) is 0.170. The summed E-state index contributed by atoms with van der Waals surface area (Å²) >= 11 is 0. The van der Waals surface area contributed by atoms with Gasteiger partial charge in [-0.2, -0.15) is 0 Å². The maximum atomic E-state index is 7.00. The van der Waals surface area contributed by atoms with Crippen LogP contribution in [0.15, 0.2) is 213 Å². The highest BCUT2D eigenvalue weighted by Crippen LogP contribution is 2.50. The number of nitrogens with zero attached hydrogens (tertiary/aromatic N) is 1. The Hall–Kier alpha value is -7.82. The van der Waals surface area contributed by atoms with Crippen molar-refractivity contribution in [1.82, 2.24) is 0 Å². The molecule has 58 heavy (non-hydrogen) atoms. The molecule has 0 aliphatic carbocycles. The van der Waals surface area contributed by atoms with Gasteiger partial charge in [0.2, 0.25) is 0 Å². The first-order chi connectivity index (χ1) is 28.8. The van der Waals surface area contributed by atoms with Gasteiger partial charge in [0.25, 0.3) is 0 Å². The number of hydrogen-bond acceptors (Lipinski definition) is 4. The molecule has 0 fully saturated rings. The van der Waals surface area contributed by atoms with Gasteiger partial charge in [-0.25, -0.2) is 0 Å². The van der Waals surface area contributed by atoms with Crippen LogP contribution in [-0.4, -0.2) is 0 Å². The molecule has 0 amide bonds. The van der Waals surface area contributed by atoms with Crippen LogP contribution in [0.2, 0.25) is 0 Å². The number of furan rings is 3. The zero-order chi connectivity index (χ0) is 38.2. The van der Waals surface area contributed by atoms with Crippen LogP contribution in [0.25, 0.3) is 99.2 Å². The van der Waals surface area contributed by atoms with Crippen molar-refractivity contribution in [2.75, 3.05) is 4.90 Å². The Morgan fingerprint density at radius 2 is 0.897 bits per heavy atom. The monoisotopic (exact) mass is 743 g/mol. The standard InChI is InChI=1S/C54H33NO3/c1-4-14-34(15-5-1)37-26-28-44-50(32-37)58-54-40(36-18-8-3-9-19-36)29-30-46(51(44)54)55(47-24-13-23-42-41-20-10-11-25-48(41)57-53(42)47)38-27-31-49-45(33-38)43-22-12-21-39(52(43)56-49)35-16-6-2-7-17-35/h1-33H. The van der Waals surface area contributed by atoms with Crippen LogP contribution < -0.4 is 4.90 Å². The zero-order valence-corrected chi connectivity index (χ0v) is 31.2. The van der Waals surface area contributed by atoms with Crippen molar-refractivity contribution in [3.8, 4) is 33.4 Å². The predicted molar refractivity (Wildman–Crippen MR) is 239 cm³/mol. The molecule has 0 aliphatic rings. The van der Waals surface area contributed by atoms with Gasteiger partial charge in [0.05, 0.1) is 16.8 Å². The minimum Gasteiger partial charge on any atom is -0.455 e. The number of rotatable bonds is 6. The average Bonchev–Trinajstić information content (AvgIpc) is 3.99. The van der Waals surface area contributed by atoms with E-state index in [2.05, 4.69) is 175 Å². The summed E-state index contributed by atoms with van der Waals surface area (Å²) in [6.45, 7) is 0. The summed E-state index contributed by atoms with van der Waals surface area (Å²) in [5, 5.41) is 6.29. The van der Waals surface area contributed by atoms with Gasteiger partial charge in [-0.15, -0.1) is 0 Å². The van der Waals surface area contributed by atoms with Crippen molar-refractivity contribution >= 4 is 82.9 Å². The Morgan fingerprint density at radius 3 is 1.67 bits per heavy atom. The molecular weight excluding hydrogens is 711 g/mol. The van der Waals surface area contributed by atoms with Crippen LogP contribution in [0, 0.1) is 0 Å². The molecule has 0 aliphatic heterocycles. The molecule has 0 atom stereocenters. The molecule has 12 rings (SSSR count). The molecule has 0 radical (unpaired) electrons. The summed E-state index contributed by atoms with van der Waals surface area (Å²) in [6, 6.07) is 70.0. The second-order valence-corrected chi connectivity index (χ2v) is 14.8. The van der Waals surface area contributed by atoms with E-state index >= 15 is 0 Å². The predicted octanol–water partition coefficient (Wildman–Crippen LogP) is 15.9. The first-order valence-corrected chi connectivity index (χ1v) is 19.6. The first-order valence-electron chi connectivity index (χ1n) is 19.6. The topological polar surface area (TPSA) is 42.7 Å². The van der Waals surface area contributed by atoms with Crippen molar-refractivity contribution < 1.29 is 13.3 Å². The third kappa shape index (κ3) is 5.02. The molecule has 12 aromatic rings. The number of para-hydroxylation sites is 3. The van der Waals surface area contributed by atoms with Gasteiger partial charge in [0.1, 0.15) is 27.9 Å².